The predicted molar refractivity (Wildman–Crippen MR) is 67.7 cm³/mol. The molecule has 1 aromatic rings. The Morgan fingerprint density at radius 1 is 1.56 bits per heavy atom. The van der Waals surface area contributed by atoms with Gasteiger partial charge in [-0.3, -0.25) is 4.79 Å². The number of rotatable bonds is 7. The summed E-state index contributed by atoms with van der Waals surface area (Å²) in [7, 11) is 4.14. The molecule has 0 spiro atoms. The van der Waals surface area contributed by atoms with E-state index in [1.54, 1.807) is 16.7 Å². The Morgan fingerprint density at radius 2 is 2.31 bits per heavy atom. The number of hydrogen-bond acceptors (Lipinski definition) is 4. The Balaban J connectivity index is 2.19. The van der Waals surface area contributed by atoms with Crippen LogP contribution in [0.15, 0.2) is 11.4 Å². The molecule has 0 saturated carbocycles. The van der Waals surface area contributed by atoms with E-state index in [4.69, 9.17) is 5.73 Å². The molecule has 3 N–H and O–H groups in total. The number of carbonyl (C=O) groups excluding carboxylic acids is 1. The monoisotopic (exact) mass is 241 g/mol. The average molecular weight is 241 g/mol. The molecule has 1 rings (SSSR count). The van der Waals surface area contributed by atoms with Crippen LogP contribution < -0.4 is 11.1 Å². The predicted octanol–water partition coefficient (Wildman–Crippen LogP) is 0.888. The van der Waals surface area contributed by atoms with Crippen molar-refractivity contribution >= 4 is 17.2 Å². The molecule has 0 unspecified atom stereocenters. The van der Waals surface area contributed by atoms with Crippen molar-refractivity contribution in [2.24, 2.45) is 5.73 Å². The van der Waals surface area contributed by atoms with E-state index in [1.165, 1.54) is 0 Å². The second-order valence-electron chi connectivity index (χ2n) is 4.00. The van der Waals surface area contributed by atoms with Gasteiger partial charge in [0.05, 0.1) is 5.56 Å². The van der Waals surface area contributed by atoms with Crippen molar-refractivity contribution in [2.45, 2.75) is 13.0 Å². The summed E-state index contributed by atoms with van der Waals surface area (Å²) >= 11 is 1.57. The second-order valence-corrected chi connectivity index (χ2v) is 5.00. The maximum absolute atomic E-state index is 10.9. The lowest BCUT2D eigenvalue weighted by atomic mass is 10.3. The van der Waals surface area contributed by atoms with Crippen LogP contribution in [0.5, 0.6) is 0 Å². The maximum Gasteiger partial charge on any atom is 0.249 e. The van der Waals surface area contributed by atoms with Gasteiger partial charge in [0, 0.05) is 16.8 Å². The number of nitrogens with zero attached hydrogens (tertiary/aromatic N) is 1. The number of carbonyl (C=O) groups is 1. The van der Waals surface area contributed by atoms with Crippen LogP contribution >= 0.6 is 11.3 Å². The van der Waals surface area contributed by atoms with Gasteiger partial charge in [0.25, 0.3) is 0 Å². The Kier molecular flexibility index (Phi) is 5.45. The summed E-state index contributed by atoms with van der Waals surface area (Å²) in [6.07, 6.45) is 1.13. The van der Waals surface area contributed by atoms with Crippen molar-refractivity contribution in [2.75, 3.05) is 27.2 Å². The van der Waals surface area contributed by atoms with E-state index in [0.29, 0.717) is 5.56 Å². The molecular weight excluding hydrogens is 222 g/mol. The average Bonchev–Trinajstić information content (AvgIpc) is 2.65. The molecular formula is C11H19N3OS. The fourth-order valence-corrected chi connectivity index (χ4v) is 2.18. The van der Waals surface area contributed by atoms with E-state index >= 15 is 0 Å². The van der Waals surface area contributed by atoms with Crippen LogP contribution in [0.3, 0.4) is 0 Å². The molecule has 0 saturated heterocycles. The third kappa shape index (κ3) is 4.74. The fourth-order valence-electron chi connectivity index (χ4n) is 1.33. The quantitative estimate of drug-likeness (QED) is 0.697. The number of hydrogen-bond donors (Lipinski definition) is 2. The van der Waals surface area contributed by atoms with Crippen molar-refractivity contribution in [1.82, 2.24) is 10.2 Å². The molecule has 16 heavy (non-hydrogen) atoms. The van der Waals surface area contributed by atoms with Crippen LogP contribution in [0.4, 0.5) is 0 Å². The molecule has 0 aliphatic rings. The van der Waals surface area contributed by atoms with Crippen LogP contribution in [0.2, 0.25) is 0 Å². The van der Waals surface area contributed by atoms with Gasteiger partial charge in [-0.15, -0.1) is 11.3 Å². The molecule has 0 aliphatic carbocycles. The zero-order valence-electron chi connectivity index (χ0n) is 9.82. The molecule has 0 atom stereocenters. The van der Waals surface area contributed by atoms with Gasteiger partial charge in [0.2, 0.25) is 5.91 Å². The van der Waals surface area contributed by atoms with Crippen molar-refractivity contribution in [3.8, 4) is 0 Å². The minimum Gasteiger partial charge on any atom is -0.366 e. The molecule has 0 aromatic carbocycles. The Hall–Kier alpha value is -0.910. The van der Waals surface area contributed by atoms with Crippen LogP contribution in [0.1, 0.15) is 21.7 Å². The molecule has 1 amide bonds. The summed E-state index contributed by atoms with van der Waals surface area (Å²) in [4.78, 5) is 14.2. The van der Waals surface area contributed by atoms with Crippen LogP contribution in [0.25, 0.3) is 0 Å². The topological polar surface area (TPSA) is 58.4 Å². The first kappa shape index (κ1) is 13.2. The van der Waals surface area contributed by atoms with Gasteiger partial charge >= 0.3 is 0 Å². The third-order valence-corrected chi connectivity index (χ3v) is 3.13. The lowest BCUT2D eigenvalue weighted by Gasteiger charge is -2.09. The van der Waals surface area contributed by atoms with Gasteiger partial charge in [-0.05, 0) is 39.7 Å². The van der Waals surface area contributed by atoms with E-state index < -0.39 is 0 Å². The van der Waals surface area contributed by atoms with Crippen LogP contribution in [-0.4, -0.2) is 38.0 Å². The highest BCUT2D eigenvalue weighted by Crippen LogP contribution is 2.13. The third-order valence-electron chi connectivity index (χ3n) is 2.20. The van der Waals surface area contributed by atoms with Gasteiger partial charge in [-0.1, -0.05) is 0 Å². The van der Waals surface area contributed by atoms with Crippen molar-refractivity contribution < 1.29 is 4.79 Å². The zero-order valence-corrected chi connectivity index (χ0v) is 10.6. The van der Waals surface area contributed by atoms with E-state index in [-0.39, 0.29) is 5.91 Å². The van der Waals surface area contributed by atoms with Gasteiger partial charge in [-0.25, -0.2) is 0 Å². The summed E-state index contributed by atoms with van der Waals surface area (Å²) in [5, 5.41) is 5.15. The molecule has 1 aromatic heterocycles. The highest BCUT2D eigenvalue weighted by molar-refractivity contribution is 7.10. The highest BCUT2D eigenvalue weighted by Gasteiger charge is 2.03. The molecule has 0 aliphatic heterocycles. The molecule has 1 heterocycles. The molecule has 0 fully saturated rings. The summed E-state index contributed by atoms with van der Waals surface area (Å²) in [6, 6.07) is 1.85. The number of amides is 1. The van der Waals surface area contributed by atoms with E-state index in [2.05, 4.69) is 24.3 Å². The highest BCUT2D eigenvalue weighted by atomic mass is 32.1. The molecule has 5 heteroatoms. The van der Waals surface area contributed by atoms with E-state index in [1.807, 2.05) is 6.07 Å². The zero-order chi connectivity index (χ0) is 12.0. The molecule has 0 bridgehead atoms. The first-order chi connectivity index (χ1) is 7.59. The Labute approximate surface area is 100 Å². The Bertz CT molecular complexity index is 336. The molecule has 4 nitrogen and oxygen atoms in total. The van der Waals surface area contributed by atoms with Crippen LogP contribution in [-0.2, 0) is 6.54 Å². The van der Waals surface area contributed by atoms with E-state index in [9.17, 15) is 4.79 Å². The number of nitrogens with one attached hydrogen (secondary N) is 1. The lowest BCUT2D eigenvalue weighted by Crippen LogP contribution is -2.20. The first-order valence-electron chi connectivity index (χ1n) is 5.32. The normalized spacial score (nSPS) is 10.9. The smallest absolute Gasteiger partial charge is 0.249 e. The van der Waals surface area contributed by atoms with Crippen molar-refractivity contribution in [3.05, 3.63) is 21.9 Å². The number of primary amides is 1. The first-order valence-corrected chi connectivity index (χ1v) is 6.20. The van der Waals surface area contributed by atoms with Crippen molar-refractivity contribution in [3.63, 3.8) is 0 Å². The lowest BCUT2D eigenvalue weighted by molar-refractivity contribution is 0.100. The minimum absolute atomic E-state index is 0.352. The molecule has 0 radical (unpaired) electrons. The largest absolute Gasteiger partial charge is 0.366 e. The Morgan fingerprint density at radius 3 is 2.88 bits per heavy atom. The SMILES string of the molecule is CN(C)CCCNCc1cc(C(N)=O)cs1. The number of thiophene rings is 1. The summed E-state index contributed by atoms with van der Waals surface area (Å²) in [6.45, 7) is 2.89. The molecule has 90 valence electrons. The van der Waals surface area contributed by atoms with Gasteiger partial charge in [-0.2, -0.15) is 0 Å². The van der Waals surface area contributed by atoms with Crippen molar-refractivity contribution in [1.29, 1.82) is 0 Å². The summed E-state index contributed by atoms with van der Waals surface area (Å²) in [5.41, 5.74) is 5.79. The van der Waals surface area contributed by atoms with E-state index in [0.717, 1.165) is 30.9 Å². The maximum atomic E-state index is 10.9. The van der Waals surface area contributed by atoms with Gasteiger partial charge in [0.1, 0.15) is 0 Å². The summed E-state index contributed by atoms with van der Waals surface area (Å²) < 4.78 is 0. The second kappa shape index (κ2) is 6.62. The summed E-state index contributed by atoms with van der Waals surface area (Å²) in [5.74, 6) is -0.352. The number of nitrogens with two attached hydrogens (primary N) is 1. The standard InChI is InChI=1S/C11H19N3OS/c1-14(2)5-3-4-13-7-10-6-9(8-16-10)11(12)15/h6,8,13H,3-5,7H2,1-2H3,(H2,12,15). The minimum atomic E-state index is -0.352. The van der Waals surface area contributed by atoms with Crippen LogP contribution in [0, 0.1) is 0 Å². The van der Waals surface area contributed by atoms with Gasteiger partial charge in [0.15, 0.2) is 0 Å². The van der Waals surface area contributed by atoms with Gasteiger partial charge < -0.3 is 16.0 Å². The fraction of sp³-hybridized carbons (Fsp3) is 0.545.